The molecular weight excluding hydrogens is 550 g/mol. The normalized spacial score (nSPS) is 12.6. The van der Waals surface area contributed by atoms with Gasteiger partial charge in [-0.2, -0.15) is 0 Å². The molecule has 2 amide bonds. The number of amides is 2. The summed E-state index contributed by atoms with van der Waals surface area (Å²) >= 11 is 0. The van der Waals surface area contributed by atoms with E-state index in [1.165, 1.54) is 32.1 Å². The van der Waals surface area contributed by atoms with Gasteiger partial charge in [0.2, 0.25) is 11.8 Å². The van der Waals surface area contributed by atoms with Gasteiger partial charge in [-0.15, -0.1) is 0 Å². The number of hydrogen-bond acceptors (Lipinski definition) is 6. The highest BCUT2D eigenvalue weighted by atomic mass is 16.4. The van der Waals surface area contributed by atoms with Crippen molar-refractivity contribution in [2.24, 2.45) is 11.8 Å². The highest BCUT2D eigenvalue weighted by Crippen LogP contribution is 2.17. The Morgan fingerprint density at radius 2 is 1.16 bits per heavy atom. The molecule has 0 spiro atoms. The minimum absolute atomic E-state index is 0.0732. The lowest BCUT2D eigenvalue weighted by molar-refractivity contribution is -0.141. The minimum Gasteiger partial charge on any atom is -0.481 e. The van der Waals surface area contributed by atoms with E-state index in [9.17, 15) is 24.0 Å². The summed E-state index contributed by atoms with van der Waals surface area (Å²) < 4.78 is 0. The van der Waals surface area contributed by atoms with E-state index in [1.54, 1.807) is 6.92 Å². The Bertz CT molecular complexity index is 788. The minimum atomic E-state index is -0.810. The molecule has 0 saturated carbocycles. The number of aliphatic carboxylic acids is 2. The second kappa shape index (κ2) is 27.1. The fraction of sp³-hybridized carbons (Fsp3) is 0.848. The molecule has 0 unspecified atom stereocenters. The van der Waals surface area contributed by atoms with Gasteiger partial charge in [-0.3, -0.25) is 24.0 Å². The Morgan fingerprint density at radius 1 is 0.628 bits per heavy atom. The molecule has 10 heteroatoms. The lowest BCUT2D eigenvalue weighted by Crippen LogP contribution is -2.37. The van der Waals surface area contributed by atoms with Crippen LogP contribution < -0.4 is 10.6 Å². The molecule has 0 heterocycles. The number of nitrogens with zero attached hydrogens (tertiary/aromatic N) is 1. The first-order valence-electron chi connectivity index (χ1n) is 16.7. The summed E-state index contributed by atoms with van der Waals surface area (Å²) in [6.45, 7) is 3.33. The van der Waals surface area contributed by atoms with Crippen LogP contribution in [-0.2, 0) is 24.0 Å². The predicted octanol–water partition coefficient (Wildman–Crippen LogP) is 5.57. The summed E-state index contributed by atoms with van der Waals surface area (Å²) in [4.78, 5) is 61.2. The third kappa shape index (κ3) is 26.8. The molecular formula is C33H61N3O7. The van der Waals surface area contributed by atoms with Crippen LogP contribution in [0.3, 0.4) is 0 Å². The van der Waals surface area contributed by atoms with Crippen molar-refractivity contribution in [2.45, 2.75) is 135 Å². The highest BCUT2D eigenvalue weighted by molar-refractivity contribution is 5.87. The van der Waals surface area contributed by atoms with Crippen molar-refractivity contribution in [3.8, 4) is 0 Å². The number of carbonyl (C=O) groups excluding carboxylic acids is 3. The third-order valence-electron chi connectivity index (χ3n) is 7.83. The molecule has 250 valence electrons. The number of Topliss-reactive ketones (excluding diaryl/α,β-unsaturated/α-hetero) is 1. The summed E-state index contributed by atoms with van der Waals surface area (Å²) in [5.74, 6) is -2.68. The van der Waals surface area contributed by atoms with Crippen molar-refractivity contribution in [1.82, 2.24) is 15.5 Å². The quantitative estimate of drug-likeness (QED) is 0.0769. The van der Waals surface area contributed by atoms with E-state index in [-0.39, 0.29) is 36.9 Å². The lowest BCUT2D eigenvalue weighted by Gasteiger charge is -2.17. The van der Waals surface area contributed by atoms with Gasteiger partial charge in [0.15, 0.2) is 0 Å². The van der Waals surface area contributed by atoms with Crippen LogP contribution in [0.25, 0.3) is 0 Å². The third-order valence-corrected chi connectivity index (χ3v) is 7.83. The molecule has 43 heavy (non-hydrogen) atoms. The number of likely N-dealkylation sites (N-methyl/N-ethyl adjacent to an activating group) is 1. The molecule has 0 aromatic heterocycles. The first-order valence-corrected chi connectivity index (χ1v) is 16.7. The van der Waals surface area contributed by atoms with Crippen molar-refractivity contribution in [2.75, 3.05) is 33.7 Å². The topological polar surface area (TPSA) is 153 Å². The van der Waals surface area contributed by atoms with E-state index in [2.05, 4.69) is 10.6 Å². The van der Waals surface area contributed by atoms with E-state index < -0.39 is 23.8 Å². The van der Waals surface area contributed by atoms with E-state index in [0.717, 1.165) is 51.4 Å². The Balaban J connectivity index is 4.20. The number of nitrogens with one attached hydrogen (secondary N) is 2. The van der Waals surface area contributed by atoms with Crippen LogP contribution in [0.2, 0.25) is 0 Å². The molecule has 10 nitrogen and oxygen atoms in total. The summed E-state index contributed by atoms with van der Waals surface area (Å²) in [7, 11) is 3.85. The Labute approximate surface area is 260 Å². The summed E-state index contributed by atoms with van der Waals surface area (Å²) in [6.07, 6.45) is 16.4. The van der Waals surface area contributed by atoms with Gasteiger partial charge in [-0.05, 0) is 46.2 Å². The monoisotopic (exact) mass is 611 g/mol. The molecule has 0 saturated heterocycles. The van der Waals surface area contributed by atoms with Crippen LogP contribution in [0, 0.1) is 11.8 Å². The zero-order valence-corrected chi connectivity index (χ0v) is 27.3. The van der Waals surface area contributed by atoms with Crippen LogP contribution in [0.4, 0.5) is 0 Å². The largest absolute Gasteiger partial charge is 0.481 e. The molecule has 0 aromatic rings. The molecule has 0 aliphatic heterocycles. The average molecular weight is 612 g/mol. The van der Waals surface area contributed by atoms with Crippen molar-refractivity contribution in [1.29, 1.82) is 0 Å². The van der Waals surface area contributed by atoms with Crippen molar-refractivity contribution >= 4 is 29.5 Å². The number of carboxylic acid groups (broad SMARTS) is 2. The maximum absolute atomic E-state index is 12.8. The average Bonchev–Trinajstić information content (AvgIpc) is 2.94. The van der Waals surface area contributed by atoms with Crippen LogP contribution >= 0.6 is 0 Å². The predicted molar refractivity (Wildman–Crippen MR) is 170 cm³/mol. The van der Waals surface area contributed by atoms with Crippen molar-refractivity contribution in [3.63, 3.8) is 0 Å². The number of rotatable bonds is 30. The maximum Gasteiger partial charge on any atom is 0.306 e. The van der Waals surface area contributed by atoms with E-state index in [1.807, 2.05) is 19.0 Å². The summed E-state index contributed by atoms with van der Waals surface area (Å²) in [6, 6.07) is 0. The smallest absolute Gasteiger partial charge is 0.306 e. The van der Waals surface area contributed by atoms with Gasteiger partial charge in [0.1, 0.15) is 5.78 Å². The Hall–Kier alpha value is -2.49. The fourth-order valence-electron chi connectivity index (χ4n) is 4.94. The lowest BCUT2D eigenvalue weighted by atomic mass is 9.93. The number of carboxylic acids is 2. The van der Waals surface area contributed by atoms with Gasteiger partial charge in [0, 0.05) is 51.2 Å². The molecule has 2 atom stereocenters. The molecule has 0 aromatic carbocycles. The first kappa shape index (κ1) is 40.5. The molecule has 0 rings (SSSR count). The van der Waals surface area contributed by atoms with Crippen LogP contribution in [0.5, 0.6) is 0 Å². The van der Waals surface area contributed by atoms with Gasteiger partial charge in [-0.1, -0.05) is 77.6 Å². The number of hydrogen-bond donors (Lipinski definition) is 4. The zero-order valence-electron chi connectivity index (χ0n) is 27.3. The molecule has 0 aliphatic carbocycles. The van der Waals surface area contributed by atoms with Crippen LogP contribution in [-0.4, -0.2) is 78.4 Å². The van der Waals surface area contributed by atoms with Gasteiger partial charge in [0.05, 0.1) is 5.92 Å². The fourth-order valence-corrected chi connectivity index (χ4v) is 4.94. The second-order valence-corrected chi connectivity index (χ2v) is 12.3. The van der Waals surface area contributed by atoms with E-state index in [0.29, 0.717) is 45.3 Å². The summed E-state index contributed by atoms with van der Waals surface area (Å²) in [5, 5.41) is 23.4. The Kier molecular flexibility index (Phi) is 25.5. The molecule has 0 bridgehead atoms. The van der Waals surface area contributed by atoms with Crippen LogP contribution in [0.1, 0.15) is 135 Å². The molecule has 0 radical (unpaired) electrons. The van der Waals surface area contributed by atoms with E-state index >= 15 is 0 Å². The molecule has 0 fully saturated rings. The second-order valence-electron chi connectivity index (χ2n) is 12.3. The first-order chi connectivity index (χ1) is 20.5. The molecule has 0 aliphatic rings. The van der Waals surface area contributed by atoms with E-state index in [4.69, 9.17) is 10.2 Å². The van der Waals surface area contributed by atoms with Gasteiger partial charge >= 0.3 is 11.9 Å². The molecule has 4 N–H and O–H groups in total. The maximum atomic E-state index is 12.8. The number of ketones is 1. The number of unbranched alkanes of at least 4 members (excludes halogenated alkanes) is 12. The van der Waals surface area contributed by atoms with Crippen molar-refractivity contribution in [3.05, 3.63) is 0 Å². The van der Waals surface area contributed by atoms with Crippen molar-refractivity contribution < 1.29 is 34.2 Å². The standard InChI is InChI=1S/C33H61N3O7/c1-27(33(42)43)18-16-17-23-34-30(38)22-21-28(32(41)35-24-25-36(2)3)26-29(37)19-14-12-10-8-6-4-5-7-9-11-13-15-20-31(39)40/h27-28H,4-26H2,1-3H3,(H,34,38)(H,35,41)(H,39,40)(H,42,43)/t27-,28+/m0/s1. The van der Waals surface area contributed by atoms with Crippen LogP contribution in [0.15, 0.2) is 0 Å². The SMILES string of the molecule is C[C@@H](CCCCNC(=O)CC[C@H](CC(=O)CCCCCCCCCCCCCCC(=O)O)C(=O)NCCN(C)C)C(=O)O. The summed E-state index contributed by atoms with van der Waals surface area (Å²) in [5.41, 5.74) is 0. The Morgan fingerprint density at radius 3 is 1.67 bits per heavy atom. The number of carbonyl (C=O) groups is 5. The van der Waals surface area contributed by atoms with Gasteiger partial charge < -0.3 is 25.7 Å². The van der Waals surface area contributed by atoms with Gasteiger partial charge in [0.25, 0.3) is 0 Å². The zero-order chi connectivity index (χ0) is 32.3. The van der Waals surface area contributed by atoms with Gasteiger partial charge in [-0.25, -0.2) is 0 Å². The highest BCUT2D eigenvalue weighted by Gasteiger charge is 2.22.